The Labute approximate surface area is 416 Å². The molecule has 8 aromatic rings. The highest BCUT2D eigenvalue weighted by atomic mass is 16.5. The second kappa shape index (κ2) is 22.5. The highest BCUT2D eigenvalue weighted by Crippen LogP contribution is 2.24. The summed E-state index contributed by atoms with van der Waals surface area (Å²) in [5, 5.41) is 22.9. The van der Waals surface area contributed by atoms with Crippen molar-refractivity contribution in [2.75, 3.05) is 23.8 Å². The summed E-state index contributed by atoms with van der Waals surface area (Å²) >= 11 is 0. The minimum atomic E-state index is -1.06. The average Bonchev–Trinajstić information content (AvgIpc) is 4.17. The number of benzene rings is 2. The van der Waals surface area contributed by atoms with Gasteiger partial charge in [0, 0.05) is 63.8 Å². The van der Waals surface area contributed by atoms with Crippen LogP contribution in [0, 0.1) is 13.8 Å². The van der Waals surface area contributed by atoms with Crippen molar-refractivity contribution in [1.82, 2.24) is 57.8 Å². The number of nitrogens with one attached hydrogen (secondary N) is 4. The van der Waals surface area contributed by atoms with Gasteiger partial charge in [0.2, 0.25) is 11.8 Å². The van der Waals surface area contributed by atoms with Crippen molar-refractivity contribution in [1.29, 1.82) is 0 Å². The number of carbonyl (C=O) groups excluding carboxylic acids is 2. The number of H-pyrrole nitrogens is 2. The number of imidazole rings is 2. The predicted molar refractivity (Wildman–Crippen MR) is 272 cm³/mol. The molecule has 0 fully saturated rings. The minimum Gasteiger partial charge on any atom is -0.478 e. The first-order valence-corrected chi connectivity index (χ1v) is 23.8. The van der Waals surface area contributed by atoms with E-state index >= 15 is 0 Å². The van der Waals surface area contributed by atoms with Crippen molar-refractivity contribution < 1.29 is 29.0 Å². The molecule has 0 saturated carbocycles. The summed E-state index contributed by atoms with van der Waals surface area (Å²) in [5.41, 5.74) is 4.00. The Morgan fingerprint density at radius 1 is 0.575 bits per heavy atom. The van der Waals surface area contributed by atoms with Gasteiger partial charge in [-0.15, -0.1) is 10.2 Å². The maximum atomic E-state index is 13.0. The van der Waals surface area contributed by atoms with E-state index in [0.29, 0.717) is 85.5 Å². The van der Waals surface area contributed by atoms with Crippen LogP contribution in [0.15, 0.2) is 73.8 Å². The van der Waals surface area contributed by atoms with E-state index in [1.54, 1.807) is 30.9 Å². The Morgan fingerprint density at radius 2 is 0.986 bits per heavy atom. The van der Waals surface area contributed by atoms with Gasteiger partial charge in [0.15, 0.2) is 36.2 Å². The lowest BCUT2D eigenvalue weighted by Gasteiger charge is -2.09. The van der Waals surface area contributed by atoms with Crippen LogP contribution < -0.4 is 42.6 Å². The highest BCUT2D eigenvalue weighted by molar-refractivity contribution is 5.93. The third kappa shape index (κ3) is 11.4. The van der Waals surface area contributed by atoms with Crippen molar-refractivity contribution in [3.8, 4) is 34.8 Å². The largest absolute Gasteiger partial charge is 0.478 e. The summed E-state index contributed by atoms with van der Waals surface area (Å²) in [7, 11) is 3.37. The monoisotopic (exact) mass is 1000 g/mol. The van der Waals surface area contributed by atoms with E-state index in [4.69, 9.17) is 14.6 Å². The highest BCUT2D eigenvalue weighted by Gasteiger charge is 2.22. The maximum absolute atomic E-state index is 13.0. The molecule has 0 radical (unpaired) electrons. The molecule has 0 spiro atoms. The standard InChI is InChI=1S/C25H31N7O4.C24H27N7O6/c1-6-10-31-23-21(24(34)32(11-7-2)25(31)35)27-22(28-23)18-13-20(29-30(18)5)36-14-19(33)26-17-9-8-15(3)16(4)12-17;1-4-10-30-21-19(22(33)31(11-5-2)24(30)36)26-20(27-21)16-12-18(28-29(16)3)37-13-17(32)25-15-8-6-14(7-9-15)23(34)35/h8-9,12-13H,6-7,10-11,14H2,1-5H3,(H,26,33)(H,27,28);6-9,12H,4-5,10-11,13H2,1-3H3,(H,25,32)(H,26,27)(H,34,35). The van der Waals surface area contributed by atoms with Crippen molar-refractivity contribution in [2.45, 2.75) is 93.4 Å². The molecular formula is C49H58N14O10. The molecule has 6 aromatic heterocycles. The molecule has 24 heteroatoms. The summed E-state index contributed by atoms with van der Waals surface area (Å²) < 4.78 is 19.6. The van der Waals surface area contributed by atoms with Gasteiger partial charge in [-0.25, -0.2) is 24.4 Å². The van der Waals surface area contributed by atoms with Gasteiger partial charge < -0.3 is 35.2 Å². The molecule has 73 heavy (non-hydrogen) atoms. The zero-order valence-electron chi connectivity index (χ0n) is 41.9. The molecule has 0 saturated heterocycles. The second-order valence-corrected chi connectivity index (χ2v) is 17.2. The first-order valence-electron chi connectivity index (χ1n) is 23.8. The fourth-order valence-corrected chi connectivity index (χ4v) is 7.92. The summed E-state index contributed by atoms with van der Waals surface area (Å²) in [4.78, 5) is 103. The van der Waals surface area contributed by atoms with Gasteiger partial charge in [0.05, 0.1) is 5.56 Å². The maximum Gasteiger partial charge on any atom is 0.335 e. The fourth-order valence-electron chi connectivity index (χ4n) is 7.92. The van der Waals surface area contributed by atoms with Crippen LogP contribution in [0.5, 0.6) is 11.8 Å². The van der Waals surface area contributed by atoms with Crippen molar-refractivity contribution >= 4 is 51.5 Å². The van der Waals surface area contributed by atoms with Gasteiger partial charge in [-0.2, -0.15) is 0 Å². The van der Waals surface area contributed by atoms with Crippen LogP contribution in [0.3, 0.4) is 0 Å². The Balaban J connectivity index is 0.000000214. The molecule has 0 atom stereocenters. The molecule has 2 amide bonds. The van der Waals surface area contributed by atoms with Crippen LogP contribution in [-0.2, 0) is 49.9 Å². The number of carboxylic acids is 1. The van der Waals surface area contributed by atoms with Gasteiger partial charge in [-0.3, -0.25) is 46.8 Å². The van der Waals surface area contributed by atoms with Gasteiger partial charge in [-0.05, 0) is 87.1 Å². The molecule has 6 heterocycles. The summed E-state index contributed by atoms with van der Waals surface area (Å²) in [6, 6.07) is 14.6. The van der Waals surface area contributed by atoms with E-state index in [0.717, 1.165) is 17.5 Å². The molecule has 2 aromatic carbocycles. The van der Waals surface area contributed by atoms with E-state index in [2.05, 4.69) is 40.8 Å². The smallest absolute Gasteiger partial charge is 0.335 e. The van der Waals surface area contributed by atoms with Crippen LogP contribution in [0.2, 0.25) is 0 Å². The van der Waals surface area contributed by atoms with E-state index in [9.17, 15) is 33.6 Å². The van der Waals surface area contributed by atoms with E-state index in [1.807, 2.05) is 59.7 Å². The second-order valence-electron chi connectivity index (χ2n) is 17.2. The number of ether oxygens (including phenoxy) is 2. The number of amides is 2. The minimum absolute atomic E-state index is 0.108. The lowest BCUT2D eigenvalue weighted by molar-refractivity contribution is -0.118. The summed E-state index contributed by atoms with van der Waals surface area (Å²) in [6.07, 6.45) is 2.71. The number of aromatic amines is 2. The number of hydrogen-bond acceptors (Lipinski definition) is 13. The van der Waals surface area contributed by atoms with Crippen LogP contribution >= 0.6 is 0 Å². The summed E-state index contributed by atoms with van der Waals surface area (Å²) in [6.45, 7) is 12.6. The molecular weight excluding hydrogens is 945 g/mol. The summed E-state index contributed by atoms with van der Waals surface area (Å²) in [5.74, 6) is -0.727. The SMILES string of the molecule is CCCn1c(=O)c2[nH]c(-c3cc(OCC(=O)Nc4ccc(C(=O)O)cc4)nn3C)nc2n(CCC)c1=O.CCCn1c(=O)c2[nH]c(-c3cc(OCC(=O)Nc4ccc(C)c(C)c4)nn3C)nc2n(CCC)c1=O. The number of aromatic nitrogens is 12. The van der Waals surface area contributed by atoms with Crippen LogP contribution in [0.4, 0.5) is 11.4 Å². The molecule has 0 bridgehead atoms. The Bertz CT molecular complexity index is 3590. The number of anilines is 2. The fraction of sp³-hybridized carbons (Fsp3) is 0.367. The Kier molecular flexibility index (Phi) is 16.0. The van der Waals surface area contributed by atoms with Crippen molar-refractivity contribution in [2.24, 2.45) is 14.1 Å². The molecule has 8 rings (SSSR count). The van der Waals surface area contributed by atoms with Gasteiger partial charge >= 0.3 is 17.3 Å². The van der Waals surface area contributed by atoms with Crippen LogP contribution in [0.25, 0.3) is 45.4 Å². The molecule has 0 aliphatic rings. The van der Waals surface area contributed by atoms with Gasteiger partial charge in [-0.1, -0.05) is 33.8 Å². The van der Waals surface area contributed by atoms with Crippen LogP contribution in [-0.4, -0.2) is 93.9 Å². The van der Waals surface area contributed by atoms with Gasteiger partial charge in [0.1, 0.15) is 22.4 Å². The molecule has 0 aliphatic carbocycles. The number of fused-ring (bicyclic) bond motifs is 2. The van der Waals surface area contributed by atoms with Gasteiger partial charge in [0.25, 0.3) is 22.9 Å². The Morgan fingerprint density at radius 3 is 1.40 bits per heavy atom. The number of carboxylic acid groups (broad SMARTS) is 1. The molecule has 24 nitrogen and oxygen atoms in total. The number of rotatable bonds is 19. The topological polar surface area (TPSA) is 295 Å². The number of aromatic carboxylic acids is 1. The zero-order chi connectivity index (χ0) is 52.7. The average molecular weight is 1000 g/mol. The van der Waals surface area contributed by atoms with E-state index < -0.39 is 28.7 Å². The molecule has 5 N–H and O–H groups in total. The predicted octanol–water partition coefficient (Wildman–Crippen LogP) is 4.56. The lowest BCUT2D eigenvalue weighted by Crippen LogP contribution is -2.40. The zero-order valence-corrected chi connectivity index (χ0v) is 41.9. The quantitative estimate of drug-likeness (QED) is 0.0742. The number of nitrogens with zero attached hydrogens (tertiary/aromatic N) is 10. The van der Waals surface area contributed by atoms with Crippen molar-refractivity contribution in [3.63, 3.8) is 0 Å². The number of carbonyl (C=O) groups is 3. The first kappa shape index (κ1) is 52.0. The molecule has 384 valence electrons. The van der Waals surface area contributed by atoms with E-state index in [-0.39, 0.29) is 58.8 Å². The Hall–Kier alpha value is -8.83. The molecule has 0 aliphatic heterocycles. The van der Waals surface area contributed by atoms with Crippen LogP contribution in [0.1, 0.15) is 74.9 Å². The normalized spacial score (nSPS) is 11.2. The molecule has 0 unspecified atom stereocenters. The van der Waals surface area contributed by atoms with Crippen molar-refractivity contribution in [3.05, 3.63) is 113 Å². The number of hydrogen-bond donors (Lipinski definition) is 5. The third-order valence-electron chi connectivity index (χ3n) is 11.6. The number of aryl methyl sites for hydroxylation is 6. The first-order chi connectivity index (χ1) is 35.0. The van der Waals surface area contributed by atoms with E-state index in [1.165, 1.54) is 47.2 Å². The lowest BCUT2D eigenvalue weighted by atomic mass is 10.1. The third-order valence-corrected chi connectivity index (χ3v) is 11.6.